The molecule has 6 aromatic carbocycles. The van der Waals surface area contributed by atoms with E-state index in [9.17, 15) is 0 Å². The first-order valence-corrected chi connectivity index (χ1v) is 16.7. The number of thiophene rings is 1. The van der Waals surface area contributed by atoms with Crippen molar-refractivity contribution in [1.82, 2.24) is 0 Å². The second-order valence-corrected chi connectivity index (χ2v) is 13.7. The van der Waals surface area contributed by atoms with Gasteiger partial charge in [-0.15, -0.1) is 11.3 Å². The quantitative estimate of drug-likeness (QED) is 0.198. The zero-order chi connectivity index (χ0) is 29.3. The maximum Gasteiger partial charge on any atom is 0.0738 e. The Bertz CT molecular complexity index is 2430. The van der Waals surface area contributed by atoms with Crippen molar-refractivity contribution in [2.24, 2.45) is 0 Å². The minimum atomic E-state index is -0.291. The number of aryl methyl sites for hydroxylation is 1. The topological polar surface area (TPSA) is 3.24 Å². The van der Waals surface area contributed by atoms with E-state index in [0.717, 1.165) is 12.8 Å². The molecule has 7 aromatic rings. The van der Waals surface area contributed by atoms with Crippen molar-refractivity contribution in [2.45, 2.75) is 18.3 Å². The lowest BCUT2D eigenvalue weighted by atomic mass is 9.73. The maximum absolute atomic E-state index is 2.55. The van der Waals surface area contributed by atoms with Crippen LogP contribution in [0.3, 0.4) is 0 Å². The van der Waals surface area contributed by atoms with E-state index >= 15 is 0 Å². The Balaban J connectivity index is 1.27. The highest BCUT2D eigenvalue weighted by molar-refractivity contribution is 7.20. The standard InChI is InChI=1S/C43H27NS/c1-2-12-26(13-3-1)44(36-23-11-25-38-40(36)31-15-5-7-24-37(31)45-38)35-22-10-21-34-39(35)32-19-9-18-30-29-17-8-16-28-27-14-4-6-20-33(27)43(34,41(28)29)42(30)32/h1-4,6-14,16-25H,5,15H2. The fourth-order valence-electron chi connectivity index (χ4n) is 9.15. The van der Waals surface area contributed by atoms with Crippen LogP contribution in [0.25, 0.3) is 49.5 Å². The van der Waals surface area contributed by atoms with Gasteiger partial charge in [-0.05, 0) is 105 Å². The number of para-hydroxylation sites is 1. The van der Waals surface area contributed by atoms with Gasteiger partial charge in [0, 0.05) is 26.2 Å². The first kappa shape index (κ1) is 24.2. The number of rotatable bonds is 3. The highest BCUT2D eigenvalue weighted by Gasteiger charge is 2.57. The van der Waals surface area contributed by atoms with Crippen molar-refractivity contribution < 1.29 is 0 Å². The van der Waals surface area contributed by atoms with Crippen LogP contribution in [0.1, 0.15) is 39.1 Å². The van der Waals surface area contributed by atoms with E-state index < -0.39 is 0 Å². The molecule has 45 heavy (non-hydrogen) atoms. The molecule has 1 aromatic heterocycles. The summed E-state index contributed by atoms with van der Waals surface area (Å²) < 4.78 is 1.36. The van der Waals surface area contributed by atoms with Gasteiger partial charge in [0.05, 0.1) is 16.8 Å². The fourth-order valence-corrected chi connectivity index (χ4v) is 10.4. The second-order valence-electron chi connectivity index (χ2n) is 12.7. The third-order valence-corrected chi connectivity index (χ3v) is 11.8. The van der Waals surface area contributed by atoms with Gasteiger partial charge in [-0.2, -0.15) is 0 Å². The third kappa shape index (κ3) is 2.81. The van der Waals surface area contributed by atoms with Crippen LogP contribution in [0, 0.1) is 0 Å². The van der Waals surface area contributed by atoms with Gasteiger partial charge in [0.15, 0.2) is 0 Å². The average molecular weight is 590 g/mol. The molecule has 0 saturated carbocycles. The molecule has 4 aliphatic carbocycles. The van der Waals surface area contributed by atoms with Crippen LogP contribution < -0.4 is 4.90 Å². The summed E-state index contributed by atoms with van der Waals surface area (Å²) in [6, 6.07) is 48.0. The van der Waals surface area contributed by atoms with E-state index in [1.165, 1.54) is 93.2 Å². The SMILES string of the molecule is C1=Cc2sc3cccc(N(c4ccccc4)c4cccc5c4-c4cccc6c4C54c5ccccc5-c5cccc-6c54)c3c2CC1. The minimum absolute atomic E-state index is 0.291. The molecule has 1 atom stereocenters. The first-order valence-electron chi connectivity index (χ1n) is 15.9. The van der Waals surface area contributed by atoms with E-state index in [1.807, 2.05) is 11.3 Å². The fraction of sp³-hybridized carbons (Fsp3) is 0.0698. The normalized spacial score (nSPS) is 17.2. The molecule has 0 saturated heterocycles. The number of nitrogens with zero attached hydrogens (tertiary/aromatic N) is 1. The van der Waals surface area contributed by atoms with Crippen LogP contribution in [-0.4, -0.2) is 0 Å². The molecule has 0 aliphatic heterocycles. The van der Waals surface area contributed by atoms with E-state index in [0.29, 0.717) is 0 Å². The van der Waals surface area contributed by atoms with E-state index in [2.05, 4.69) is 144 Å². The van der Waals surface area contributed by atoms with E-state index in [4.69, 9.17) is 0 Å². The number of allylic oxidation sites excluding steroid dienone is 1. The zero-order valence-corrected chi connectivity index (χ0v) is 25.4. The summed E-state index contributed by atoms with van der Waals surface area (Å²) >= 11 is 1.93. The molecular weight excluding hydrogens is 563 g/mol. The molecule has 0 bridgehead atoms. The lowest BCUT2D eigenvalue weighted by Gasteiger charge is -2.31. The molecule has 0 radical (unpaired) electrons. The monoisotopic (exact) mass is 589 g/mol. The Hall–Kier alpha value is -5.18. The molecule has 2 heteroatoms. The number of hydrogen-bond donors (Lipinski definition) is 0. The highest BCUT2D eigenvalue weighted by Crippen LogP contribution is 2.71. The zero-order valence-electron chi connectivity index (χ0n) is 24.5. The summed E-state index contributed by atoms with van der Waals surface area (Å²) in [5, 5.41) is 1.40. The largest absolute Gasteiger partial charge is 0.309 e. The van der Waals surface area contributed by atoms with Crippen LogP contribution >= 0.6 is 11.3 Å². The second kappa shape index (κ2) is 8.50. The minimum Gasteiger partial charge on any atom is -0.309 e. The molecule has 1 nitrogen and oxygen atoms in total. The predicted molar refractivity (Wildman–Crippen MR) is 189 cm³/mol. The summed E-state index contributed by atoms with van der Waals surface area (Å²) in [6.45, 7) is 0. The lowest BCUT2D eigenvalue weighted by Crippen LogP contribution is -2.23. The molecule has 0 amide bonds. The molecule has 4 aliphatic rings. The van der Waals surface area contributed by atoms with Gasteiger partial charge in [-0.1, -0.05) is 103 Å². The van der Waals surface area contributed by atoms with Crippen LogP contribution in [0.15, 0.2) is 133 Å². The predicted octanol–water partition coefficient (Wildman–Crippen LogP) is 11.7. The van der Waals surface area contributed by atoms with Crippen molar-refractivity contribution in [3.8, 4) is 33.4 Å². The Morgan fingerprint density at radius 3 is 2.07 bits per heavy atom. The molecule has 0 fully saturated rings. The number of anilines is 3. The maximum atomic E-state index is 2.55. The van der Waals surface area contributed by atoms with Gasteiger partial charge in [0.1, 0.15) is 0 Å². The van der Waals surface area contributed by atoms with Crippen molar-refractivity contribution in [3.05, 3.63) is 166 Å². The van der Waals surface area contributed by atoms with Crippen molar-refractivity contribution in [2.75, 3.05) is 4.90 Å². The van der Waals surface area contributed by atoms with Gasteiger partial charge in [-0.3, -0.25) is 0 Å². The smallest absolute Gasteiger partial charge is 0.0738 e. The highest BCUT2D eigenvalue weighted by atomic mass is 32.1. The molecular formula is C43H27NS. The molecule has 1 unspecified atom stereocenters. The third-order valence-electron chi connectivity index (χ3n) is 10.7. The lowest BCUT2D eigenvalue weighted by molar-refractivity contribution is 0.818. The van der Waals surface area contributed by atoms with Gasteiger partial charge < -0.3 is 4.90 Å². The van der Waals surface area contributed by atoms with Crippen LogP contribution in [0.2, 0.25) is 0 Å². The molecule has 1 heterocycles. The van der Waals surface area contributed by atoms with Crippen LogP contribution in [0.4, 0.5) is 17.1 Å². The van der Waals surface area contributed by atoms with Gasteiger partial charge >= 0.3 is 0 Å². The number of hydrogen-bond acceptors (Lipinski definition) is 2. The summed E-state index contributed by atoms with van der Waals surface area (Å²) in [5.74, 6) is 0. The summed E-state index contributed by atoms with van der Waals surface area (Å²) in [5.41, 5.74) is 18.9. The van der Waals surface area contributed by atoms with Crippen molar-refractivity contribution in [3.63, 3.8) is 0 Å². The molecule has 11 rings (SSSR count). The summed E-state index contributed by atoms with van der Waals surface area (Å²) in [7, 11) is 0. The molecule has 1 spiro atoms. The Kier molecular flexibility index (Phi) is 4.57. The van der Waals surface area contributed by atoms with E-state index in [-0.39, 0.29) is 5.41 Å². The van der Waals surface area contributed by atoms with Gasteiger partial charge in [0.2, 0.25) is 0 Å². The van der Waals surface area contributed by atoms with E-state index in [1.54, 1.807) is 0 Å². The van der Waals surface area contributed by atoms with Crippen molar-refractivity contribution in [1.29, 1.82) is 0 Å². The molecule has 210 valence electrons. The summed E-state index contributed by atoms with van der Waals surface area (Å²) in [4.78, 5) is 3.96. The Morgan fingerprint density at radius 1 is 0.556 bits per heavy atom. The first-order chi connectivity index (χ1) is 22.4. The Labute approximate surface area is 266 Å². The number of benzene rings is 6. The van der Waals surface area contributed by atoms with Gasteiger partial charge in [-0.25, -0.2) is 0 Å². The molecule has 0 N–H and O–H groups in total. The van der Waals surface area contributed by atoms with Crippen molar-refractivity contribution >= 4 is 44.6 Å². The van der Waals surface area contributed by atoms with Crippen LogP contribution in [-0.2, 0) is 11.8 Å². The van der Waals surface area contributed by atoms with Gasteiger partial charge in [0.25, 0.3) is 0 Å². The Morgan fingerprint density at radius 2 is 1.20 bits per heavy atom. The average Bonchev–Trinajstić information content (AvgIpc) is 3.81. The van der Waals surface area contributed by atoms with Crippen LogP contribution in [0.5, 0.6) is 0 Å². The summed E-state index contributed by atoms with van der Waals surface area (Å²) in [6.07, 6.45) is 6.85. The number of fused-ring (bicyclic) bond motifs is 8.